The molecule has 0 aromatic carbocycles. The molecule has 2 aliphatic heterocycles. The van der Waals surface area contributed by atoms with Gasteiger partial charge in [0, 0.05) is 51.7 Å². The van der Waals surface area contributed by atoms with Gasteiger partial charge in [-0.05, 0) is 32.6 Å². The lowest BCUT2D eigenvalue weighted by Gasteiger charge is -2.26. The van der Waals surface area contributed by atoms with E-state index in [1.807, 2.05) is 6.92 Å². The predicted octanol–water partition coefficient (Wildman–Crippen LogP) is 2.68. The third-order valence-corrected chi connectivity index (χ3v) is 5.74. The van der Waals surface area contributed by atoms with Crippen LogP contribution in [0.2, 0.25) is 0 Å². The van der Waals surface area contributed by atoms with Crippen LogP contribution >= 0.6 is 11.3 Å². The van der Waals surface area contributed by atoms with Crippen LogP contribution in [0.15, 0.2) is 5.38 Å². The fraction of sp³-hybridized carbons (Fsp3) is 0.778. The van der Waals surface area contributed by atoms with Crippen molar-refractivity contribution in [1.82, 2.24) is 9.88 Å². The number of rotatable bonds is 8. The van der Waals surface area contributed by atoms with Crippen LogP contribution in [-0.2, 0) is 20.8 Å². The van der Waals surface area contributed by atoms with E-state index >= 15 is 0 Å². The Bertz CT molecular complexity index is 536. The zero-order valence-electron chi connectivity index (χ0n) is 15.3. The lowest BCUT2D eigenvalue weighted by molar-refractivity contribution is -0.116. The van der Waals surface area contributed by atoms with Gasteiger partial charge in [0.1, 0.15) is 0 Å². The molecule has 3 rings (SSSR count). The number of hydrogen-bond donors (Lipinski definition) is 0. The van der Waals surface area contributed by atoms with Crippen molar-refractivity contribution >= 4 is 22.4 Å². The first kappa shape index (κ1) is 18.8. The predicted molar refractivity (Wildman–Crippen MR) is 99.0 cm³/mol. The quantitative estimate of drug-likeness (QED) is 0.707. The Kier molecular flexibility index (Phi) is 6.81. The molecule has 0 unspecified atom stereocenters. The molecule has 0 bridgehead atoms. The van der Waals surface area contributed by atoms with E-state index in [0.717, 1.165) is 69.4 Å². The zero-order chi connectivity index (χ0) is 17.6. The van der Waals surface area contributed by atoms with Gasteiger partial charge in [0.25, 0.3) is 0 Å². The van der Waals surface area contributed by atoms with Crippen molar-refractivity contribution in [1.29, 1.82) is 0 Å². The molecule has 0 N–H and O–H groups in total. The lowest BCUT2D eigenvalue weighted by Crippen LogP contribution is -2.37. The molecule has 1 aromatic heterocycles. The minimum atomic E-state index is 0.0407. The molecule has 0 spiro atoms. The van der Waals surface area contributed by atoms with Crippen LogP contribution in [0.5, 0.6) is 0 Å². The SMILES string of the molecule is CCN(C(C)=O)c1nc(CN(C[C@H]2CCCO2)C[C@H]2CCCO2)cs1. The largest absolute Gasteiger partial charge is 0.377 e. The van der Waals surface area contributed by atoms with Gasteiger partial charge in [-0.2, -0.15) is 0 Å². The monoisotopic (exact) mass is 367 g/mol. The average Bonchev–Trinajstić information content (AvgIpc) is 3.31. The van der Waals surface area contributed by atoms with E-state index in [1.54, 1.807) is 23.2 Å². The summed E-state index contributed by atoms with van der Waals surface area (Å²) in [6.07, 6.45) is 5.23. The summed E-state index contributed by atoms with van der Waals surface area (Å²) in [6, 6.07) is 0. The number of nitrogens with zero attached hydrogens (tertiary/aromatic N) is 3. The van der Waals surface area contributed by atoms with Crippen LogP contribution in [-0.4, -0.2) is 60.8 Å². The summed E-state index contributed by atoms with van der Waals surface area (Å²) >= 11 is 1.54. The van der Waals surface area contributed by atoms with Crippen molar-refractivity contribution < 1.29 is 14.3 Å². The summed E-state index contributed by atoms with van der Waals surface area (Å²) in [7, 11) is 0. The Hall–Kier alpha value is -1.02. The number of anilines is 1. The maximum Gasteiger partial charge on any atom is 0.225 e. The molecule has 2 fully saturated rings. The zero-order valence-corrected chi connectivity index (χ0v) is 16.1. The van der Waals surface area contributed by atoms with Crippen LogP contribution < -0.4 is 4.90 Å². The number of carbonyl (C=O) groups excluding carboxylic acids is 1. The Morgan fingerprint density at radius 2 is 1.88 bits per heavy atom. The van der Waals surface area contributed by atoms with Crippen molar-refractivity contribution in [3.63, 3.8) is 0 Å². The van der Waals surface area contributed by atoms with E-state index in [0.29, 0.717) is 18.8 Å². The highest BCUT2D eigenvalue weighted by molar-refractivity contribution is 7.14. The first-order chi connectivity index (χ1) is 12.2. The highest BCUT2D eigenvalue weighted by Gasteiger charge is 2.25. The Labute approximate surface area is 154 Å². The van der Waals surface area contributed by atoms with Crippen LogP contribution in [0.4, 0.5) is 5.13 Å². The molecule has 0 radical (unpaired) electrons. The minimum absolute atomic E-state index is 0.0407. The van der Waals surface area contributed by atoms with Gasteiger partial charge >= 0.3 is 0 Å². The van der Waals surface area contributed by atoms with Crippen molar-refractivity contribution in [2.75, 3.05) is 37.7 Å². The van der Waals surface area contributed by atoms with Gasteiger partial charge in [0.2, 0.25) is 5.91 Å². The number of amides is 1. The second-order valence-electron chi connectivity index (χ2n) is 6.85. The average molecular weight is 368 g/mol. The summed E-state index contributed by atoms with van der Waals surface area (Å²) in [5.41, 5.74) is 1.02. The van der Waals surface area contributed by atoms with Gasteiger partial charge in [-0.15, -0.1) is 11.3 Å². The number of thiazole rings is 1. The summed E-state index contributed by atoms with van der Waals surface area (Å²) in [6.45, 7) is 8.61. The standard InChI is InChI=1S/C18H29N3O3S/c1-3-21(14(2)22)18-19-15(13-25-18)10-20(11-16-6-4-8-23-16)12-17-7-5-9-24-17/h13,16-17H,3-12H2,1-2H3/t16-,17-/m1/s1. The van der Waals surface area contributed by atoms with E-state index in [2.05, 4.69) is 10.3 Å². The Morgan fingerprint density at radius 1 is 1.24 bits per heavy atom. The summed E-state index contributed by atoms with van der Waals surface area (Å²) in [4.78, 5) is 20.5. The van der Waals surface area contributed by atoms with Crippen molar-refractivity contribution in [3.05, 3.63) is 11.1 Å². The first-order valence-electron chi connectivity index (χ1n) is 9.33. The van der Waals surface area contributed by atoms with Gasteiger partial charge in [-0.25, -0.2) is 4.98 Å². The molecule has 140 valence electrons. The molecule has 25 heavy (non-hydrogen) atoms. The van der Waals surface area contributed by atoms with Crippen LogP contribution in [0.25, 0.3) is 0 Å². The fourth-order valence-electron chi connectivity index (χ4n) is 3.57. The van der Waals surface area contributed by atoms with Gasteiger partial charge in [-0.3, -0.25) is 14.6 Å². The highest BCUT2D eigenvalue weighted by atomic mass is 32.1. The smallest absolute Gasteiger partial charge is 0.225 e. The molecule has 0 aliphatic carbocycles. The third-order valence-electron chi connectivity index (χ3n) is 4.82. The van der Waals surface area contributed by atoms with Gasteiger partial charge in [-0.1, -0.05) is 0 Å². The Balaban J connectivity index is 1.63. The van der Waals surface area contributed by atoms with E-state index in [-0.39, 0.29) is 5.91 Å². The molecule has 1 aromatic rings. The van der Waals surface area contributed by atoms with Gasteiger partial charge < -0.3 is 9.47 Å². The van der Waals surface area contributed by atoms with Crippen LogP contribution in [0.3, 0.4) is 0 Å². The molecule has 2 saturated heterocycles. The molecule has 2 aliphatic rings. The molecular weight excluding hydrogens is 338 g/mol. The maximum absolute atomic E-state index is 11.7. The van der Waals surface area contributed by atoms with E-state index in [9.17, 15) is 4.79 Å². The normalized spacial score (nSPS) is 23.5. The molecule has 2 atom stereocenters. The van der Waals surface area contributed by atoms with Crippen LogP contribution in [0, 0.1) is 0 Å². The van der Waals surface area contributed by atoms with Gasteiger partial charge in [0.15, 0.2) is 5.13 Å². The highest BCUT2D eigenvalue weighted by Crippen LogP contribution is 2.23. The first-order valence-corrected chi connectivity index (χ1v) is 10.2. The molecule has 0 saturated carbocycles. The Morgan fingerprint density at radius 3 is 2.36 bits per heavy atom. The summed E-state index contributed by atoms with van der Waals surface area (Å²) in [5.74, 6) is 0.0407. The molecular formula is C18H29N3O3S. The lowest BCUT2D eigenvalue weighted by atomic mass is 10.2. The van der Waals surface area contributed by atoms with Crippen molar-refractivity contribution in [2.24, 2.45) is 0 Å². The minimum Gasteiger partial charge on any atom is -0.377 e. The molecule has 7 heteroatoms. The molecule has 3 heterocycles. The van der Waals surface area contributed by atoms with Crippen molar-refractivity contribution in [2.45, 2.75) is 58.3 Å². The van der Waals surface area contributed by atoms with E-state index < -0.39 is 0 Å². The number of aromatic nitrogens is 1. The number of ether oxygens (including phenoxy) is 2. The second kappa shape index (κ2) is 9.07. The molecule has 1 amide bonds. The van der Waals surface area contributed by atoms with Crippen LogP contribution in [0.1, 0.15) is 45.2 Å². The number of hydrogen-bond acceptors (Lipinski definition) is 6. The summed E-state index contributed by atoms with van der Waals surface area (Å²) in [5, 5.41) is 2.86. The third kappa shape index (κ3) is 5.23. The topological polar surface area (TPSA) is 54.9 Å². The molecule has 6 nitrogen and oxygen atoms in total. The van der Waals surface area contributed by atoms with E-state index in [4.69, 9.17) is 14.5 Å². The van der Waals surface area contributed by atoms with E-state index in [1.165, 1.54) is 0 Å². The summed E-state index contributed by atoms with van der Waals surface area (Å²) < 4.78 is 11.6. The fourth-order valence-corrected chi connectivity index (χ4v) is 4.49. The maximum atomic E-state index is 11.7. The second-order valence-corrected chi connectivity index (χ2v) is 7.69. The number of carbonyl (C=O) groups is 1. The van der Waals surface area contributed by atoms with Crippen molar-refractivity contribution in [3.8, 4) is 0 Å². The van der Waals surface area contributed by atoms with Gasteiger partial charge in [0.05, 0.1) is 17.9 Å².